The molecule has 22 heavy (non-hydrogen) atoms. The van der Waals surface area contributed by atoms with Gasteiger partial charge in [0.2, 0.25) is 5.95 Å². The van der Waals surface area contributed by atoms with Crippen molar-refractivity contribution >= 4 is 11.6 Å². The Balaban J connectivity index is 1.90. The maximum Gasteiger partial charge on any atom is 0.252 e. The Morgan fingerprint density at radius 2 is 1.77 bits per heavy atom. The second-order valence-corrected chi connectivity index (χ2v) is 4.70. The lowest BCUT2D eigenvalue weighted by atomic mass is 10.1. The Bertz CT molecular complexity index is 811. The van der Waals surface area contributed by atoms with E-state index in [1.54, 1.807) is 7.11 Å². The van der Waals surface area contributed by atoms with Crippen LogP contribution in [0, 0.1) is 0 Å². The molecule has 0 aliphatic carbocycles. The first-order valence-corrected chi connectivity index (χ1v) is 6.82. The van der Waals surface area contributed by atoms with Crippen molar-refractivity contribution in [3.05, 3.63) is 71.0 Å². The topological polar surface area (TPSA) is 67.0 Å². The van der Waals surface area contributed by atoms with Crippen molar-refractivity contribution in [2.75, 3.05) is 12.4 Å². The smallest absolute Gasteiger partial charge is 0.252 e. The number of rotatable bonds is 4. The fourth-order valence-electron chi connectivity index (χ4n) is 2.08. The fourth-order valence-corrected chi connectivity index (χ4v) is 2.08. The molecule has 0 saturated heterocycles. The first-order chi connectivity index (χ1) is 10.7. The molecule has 3 rings (SSSR count). The summed E-state index contributed by atoms with van der Waals surface area (Å²) in [6.07, 6.45) is 0. The van der Waals surface area contributed by atoms with Gasteiger partial charge in [0.25, 0.3) is 5.56 Å². The van der Waals surface area contributed by atoms with Crippen LogP contribution in [0.2, 0.25) is 0 Å². The highest BCUT2D eigenvalue weighted by atomic mass is 16.5. The van der Waals surface area contributed by atoms with Gasteiger partial charge in [-0.2, -0.15) is 0 Å². The van der Waals surface area contributed by atoms with Crippen LogP contribution in [-0.4, -0.2) is 17.1 Å². The number of anilines is 2. The van der Waals surface area contributed by atoms with Crippen molar-refractivity contribution in [1.82, 2.24) is 9.97 Å². The highest BCUT2D eigenvalue weighted by Gasteiger charge is 2.04. The van der Waals surface area contributed by atoms with Crippen molar-refractivity contribution in [2.45, 2.75) is 0 Å². The molecule has 0 amide bonds. The van der Waals surface area contributed by atoms with Crippen LogP contribution < -0.4 is 15.6 Å². The van der Waals surface area contributed by atoms with Crippen LogP contribution in [-0.2, 0) is 0 Å². The highest BCUT2D eigenvalue weighted by molar-refractivity contribution is 5.62. The predicted molar refractivity (Wildman–Crippen MR) is 86.6 cm³/mol. The second-order valence-electron chi connectivity index (χ2n) is 4.70. The number of methoxy groups -OCH3 is 1. The van der Waals surface area contributed by atoms with Crippen molar-refractivity contribution in [1.29, 1.82) is 0 Å². The van der Waals surface area contributed by atoms with Crippen LogP contribution in [0.5, 0.6) is 5.75 Å². The summed E-state index contributed by atoms with van der Waals surface area (Å²) in [6, 6.07) is 18.4. The molecule has 110 valence electrons. The summed E-state index contributed by atoms with van der Waals surface area (Å²) < 4.78 is 5.11. The normalized spacial score (nSPS) is 10.2. The number of nitrogens with one attached hydrogen (secondary N) is 2. The molecular weight excluding hydrogens is 278 g/mol. The summed E-state index contributed by atoms with van der Waals surface area (Å²) in [4.78, 5) is 18.9. The number of aromatic amines is 1. The van der Waals surface area contributed by atoms with Crippen LogP contribution in [0.4, 0.5) is 11.6 Å². The number of nitrogens with zero attached hydrogens (tertiary/aromatic N) is 1. The molecule has 0 aliphatic rings. The van der Waals surface area contributed by atoms with Crippen molar-refractivity contribution in [3.63, 3.8) is 0 Å². The van der Waals surface area contributed by atoms with E-state index in [2.05, 4.69) is 15.3 Å². The van der Waals surface area contributed by atoms with Gasteiger partial charge >= 0.3 is 0 Å². The zero-order chi connectivity index (χ0) is 15.4. The Hall–Kier alpha value is -3.08. The molecule has 0 atom stereocenters. The molecular formula is C17H15N3O2. The summed E-state index contributed by atoms with van der Waals surface area (Å²) in [5.74, 6) is 1.17. The molecule has 2 aromatic carbocycles. The zero-order valence-corrected chi connectivity index (χ0v) is 12.0. The molecule has 2 N–H and O–H groups in total. The molecule has 0 radical (unpaired) electrons. The van der Waals surface area contributed by atoms with Gasteiger partial charge in [0.1, 0.15) is 5.75 Å². The van der Waals surface area contributed by atoms with Gasteiger partial charge in [-0.05, 0) is 24.3 Å². The van der Waals surface area contributed by atoms with Gasteiger partial charge < -0.3 is 10.1 Å². The number of hydrogen-bond acceptors (Lipinski definition) is 4. The molecule has 1 heterocycles. The van der Waals surface area contributed by atoms with E-state index in [0.29, 0.717) is 11.6 Å². The third-order valence-corrected chi connectivity index (χ3v) is 3.16. The van der Waals surface area contributed by atoms with Crippen LogP contribution in [0.3, 0.4) is 0 Å². The average Bonchev–Trinajstić information content (AvgIpc) is 2.56. The largest absolute Gasteiger partial charge is 0.497 e. The highest BCUT2D eigenvalue weighted by Crippen LogP contribution is 2.19. The van der Waals surface area contributed by atoms with Crippen molar-refractivity contribution in [3.8, 4) is 17.0 Å². The van der Waals surface area contributed by atoms with Crippen molar-refractivity contribution < 1.29 is 4.74 Å². The van der Waals surface area contributed by atoms with E-state index in [-0.39, 0.29) is 5.56 Å². The lowest BCUT2D eigenvalue weighted by molar-refractivity contribution is 0.415. The van der Waals surface area contributed by atoms with Crippen LogP contribution >= 0.6 is 0 Å². The average molecular weight is 293 g/mol. The van der Waals surface area contributed by atoms with E-state index in [1.165, 1.54) is 6.07 Å². The lowest BCUT2D eigenvalue weighted by Gasteiger charge is -2.08. The first-order valence-electron chi connectivity index (χ1n) is 6.82. The molecule has 0 spiro atoms. The summed E-state index contributed by atoms with van der Waals surface area (Å²) in [7, 11) is 1.62. The Labute approximate surface area is 127 Å². The zero-order valence-electron chi connectivity index (χ0n) is 12.0. The second kappa shape index (κ2) is 6.13. The molecule has 5 heteroatoms. The Morgan fingerprint density at radius 3 is 2.45 bits per heavy atom. The van der Waals surface area contributed by atoms with E-state index >= 15 is 0 Å². The first kappa shape index (κ1) is 13.9. The van der Waals surface area contributed by atoms with Crippen molar-refractivity contribution in [2.24, 2.45) is 0 Å². The minimum Gasteiger partial charge on any atom is -0.497 e. The summed E-state index contributed by atoms with van der Waals surface area (Å²) >= 11 is 0. The number of H-pyrrole nitrogens is 1. The molecule has 0 fully saturated rings. The predicted octanol–water partition coefficient (Wildman–Crippen LogP) is 3.19. The van der Waals surface area contributed by atoms with Gasteiger partial charge in [0, 0.05) is 17.3 Å². The minimum absolute atomic E-state index is 0.204. The van der Waals surface area contributed by atoms with E-state index in [1.807, 2.05) is 54.6 Å². The third-order valence-electron chi connectivity index (χ3n) is 3.16. The standard InChI is InChI=1S/C17H15N3O2/c1-22-14-9-7-13(8-10-14)18-17-19-15(11-16(21)20-17)12-5-3-2-4-6-12/h2-11H,1H3,(H2,18,19,20,21). The maximum atomic E-state index is 11.8. The van der Waals surface area contributed by atoms with Gasteiger partial charge in [-0.3, -0.25) is 9.78 Å². The van der Waals surface area contributed by atoms with E-state index in [4.69, 9.17) is 4.74 Å². The molecule has 1 aromatic heterocycles. The van der Waals surface area contributed by atoms with Gasteiger partial charge in [-0.1, -0.05) is 30.3 Å². The maximum absolute atomic E-state index is 11.8. The number of ether oxygens (including phenoxy) is 1. The SMILES string of the molecule is COc1ccc(Nc2nc(-c3ccccc3)cc(=O)[nH]2)cc1. The monoisotopic (exact) mass is 293 g/mol. The molecule has 0 bridgehead atoms. The molecule has 0 aliphatic heterocycles. The van der Waals surface area contributed by atoms with Gasteiger partial charge in [0.15, 0.2) is 0 Å². The fraction of sp³-hybridized carbons (Fsp3) is 0.0588. The van der Waals surface area contributed by atoms with Gasteiger partial charge in [-0.15, -0.1) is 0 Å². The summed E-state index contributed by atoms with van der Waals surface area (Å²) in [5.41, 5.74) is 2.13. The molecule has 0 unspecified atom stereocenters. The molecule has 0 saturated carbocycles. The van der Waals surface area contributed by atoms with Gasteiger partial charge in [0.05, 0.1) is 12.8 Å². The lowest BCUT2D eigenvalue weighted by Crippen LogP contribution is -2.10. The Kier molecular flexibility index (Phi) is 3.87. The summed E-state index contributed by atoms with van der Waals surface area (Å²) in [6.45, 7) is 0. The van der Waals surface area contributed by atoms with Crippen LogP contribution in [0.15, 0.2) is 65.5 Å². The third kappa shape index (κ3) is 3.15. The number of benzene rings is 2. The van der Waals surface area contributed by atoms with Crippen LogP contribution in [0.25, 0.3) is 11.3 Å². The molecule has 5 nitrogen and oxygen atoms in total. The minimum atomic E-state index is -0.204. The Morgan fingerprint density at radius 1 is 1.05 bits per heavy atom. The van der Waals surface area contributed by atoms with E-state index < -0.39 is 0 Å². The quantitative estimate of drug-likeness (QED) is 0.775. The van der Waals surface area contributed by atoms with E-state index in [9.17, 15) is 4.79 Å². The summed E-state index contributed by atoms with van der Waals surface area (Å²) in [5, 5.41) is 3.08. The molecule has 3 aromatic rings. The number of hydrogen-bond donors (Lipinski definition) is 2. The van der Waals surface area contributed by atoms with Gasteiger partial charge in [-0.25, -0.2) is 4.98 Å². The van der Waals surface area contributed by atoms with Crippen LogP contribution in [0.1, 0.15) is 0 Å². The number of aromatic nitrogens is 2. The van der Waals surface area contributed by atoms with E-state index in [0.717, 1.165) is 17.0 Å².